The molecule has 0 saturated carbocycles. The third-order valence-electron chi connectivity index (χ3n) is 2.36. The second-order valence-electron chi connectivity index (χ2n) is 6.92. The summed E-state index contributed by atoms with van der Waals surface area (Å²) in [5, 5.41) is 0. The Labute approximate surface area is 115 Å². The van der Waals surface area contributed by atoms with Gasteiger partial charge >= 0.3 is 0 Å². The molecule has 0 aliphatic carbocycles. The van der Waals surface area contributed by atoms with E-state index in [1.165, 1.54) is 18.9 Å². The summed E-state index contributed by atoms with van der Waals surface area (Å²) in [6.45, 7) is 18.9. The van der Waals surface area contributed by atoms with Crippen LogP contribution >= 0.6 is 11.2 Å². The zero-order valence-electron chi connectivity index (χ0n) is 13.1. The summed E-state index contributed by atoms with van der Waals surface area (Å²) >= 11 is 2.13. The highest BCUT2D eigenvalue weighted by Crippen LogP contribution is 2.32. The highest BCUT2D eigenvalue weighted by molar-refractivity contribution is 8.28. The smallest absolute Gasteiger partial charge is 0.188 e. The maximum Gasteiger partial charge on any atom is 0.188 e. The molecule has 0 spiro atoms. The van der Waals surface area contributed by atoms with Crippen LogP contribution in [0.5, 0.6) is 0 Å². The van der Waals surface area contributed by atoms with Gasteiger partial charge in [-0.15, -0.1) is 0 Å². The standard InChI is InChI=1S/C13H32OSSi2/c1-9-10-13(15-16(4,5)6)14-17(7,8)11-12(2)3/h12-13H,9-11H2,1-8H3. The van der Waals surface area contributed by atoms with E-state index >= 15 is 0 Å². The van der Waals surface area contributed by atoms with Gasteiger partial charge in [0.25, 0.3) is 0 Å². The molecule has 0 aromatic rings. The minimum Gasteiger partial charge on any atom is -0.406 e. The lowest BCUT2D eigenvalue weighted by Crippen LogP contribution is -2.37. The van der Waals surface area contributed by atoms with E-state index in [1.54, 1.807) is 0 Å². The van der Waals surface area contributed by atoms with Crippen LogP contribution in [-0.4, -0.2) is 21.0 Å². The van der Waals surface area contributed by atoms with Gasteiger partial charge in [0.15, 0.2) is 8.32 Å². The van der Waals surface area contributed by atoms with Gasteiger partial charge in [-0.2, -0.15) is 11.2 Å². The third-order valence-corrected chi connectivity index (χ3v) is 9.46. The van der Waals surface area contributed by atoms with Crippen LogP contribution in [0.1, 0.15) is 33.6 Å². The Morgan fingerprint density at radius 3 is 1.94 bits per heavy atom. The summed E-state index contributed by atoms with van der Waals surface area (Å²) in [4.78, 5) is 0. The molecule has 0 aromatic carbocycles. The van der Waals surface area contributed by atoms with E-state index in [9.17, 15) is 0 Å². The largest absolute Gasteiger partial charge is 0.406 e. The monoisotopic (exact) mass is 292 g/mol. The SMILES string of the molecule is CCCC(O[Si](C)(C)CC(C)C)S[Si](C)(C)C. The molecule has 104 valence electrons. The molecule has 1 atom stereocenters. The number of hydrogen-bond donors (Lipinski definition) is 0. The fraction of sp³-hybridized carbons (Fsp3) is 1.00. The summed E-state index contributed by atoms with van der Waals surface area (Å²) in [5.41, 5.74) is 0.451. The number of hydrogen-bond acceptors (Lipinski definition) is 2. The Balaban J connectivity index is 4.42. The Hall–Kier alpha value is 0.744. The van der Waals surface area contributed by atoms with Crippen molar-refractivity contribution in [3.63, 3.8) is 0 Å². The van der Waals surface area contributed by atoms with E-state index in [0.29, 0.717) is 5.44 Å². The molecule has 0 heterocycles. The molecule has 0 saturated heterocycles. The van der Waals surface area contributed by atoms with Gasteiger partial charge in [-0.25, -0.2) is 0 Å². The molecule has 0 aromatic heterocycles. The lowest BCUT2D eigenvalue weighted by molar-refractivity contribution is 0.263. The molecule has 1 unspecified atom stereocenters. The van der Waals surface area contributed by atoms with Crippen molar-refractivity contribution in [3.05, 3.63) is 0 Å². The molecular formula is C13H32OSSi2. The lowest BCUT2D eigenvalue weighted by Gasteiger charge is -2.33. The van der Waals surface area contributed by atoms with Gasteiger partial charge in [0, 0.05) is 0 Å². The van der Waals surface area contributed by atoms with Gasteiger partial charge < -0.3 is 4.43 Å². The van der Waals surface area contributed by atoms with Gasteiger partial charge in [0.1, 0.15) is 7.22 Å². The summed E-state index contributed by atoms with van der Waals surface area (Å²) in [6.07, 6.45) is 2.44. The minimum atomic E-state index is -1.47. The van der Waals surface area contributed by atoms with Crippen LogP contribution < -0.4 is 0 Å². The summed E-state index contributed by atoms with van der Waals surface area (Å²) in [5.74, 6) is 0.760. The Kier molecular flexibility index (Phi) is 7.68. The predicted octanol–water partition coefficient (Wildman–Crippen LogP) is 5.56. The van der Waals surface area contributed by atoms with Crippen LogP contribution in [0, 0.1) is 5.92 Å². The zero-order chi connectivity index (χ0) is 13.7. The molecule has 0 aliphatic rings. The van der Waals surface area contributed by atoms with Crippen molar-refractivity contribution in [1.29, 1.82) is 0 Å². The topological polar surface area (TPSA) is 9.23 Å². The summed E-state index contributed by atoms with van der Waals surface area (Å²) in [7, 11) is -2.55. The fourth-order valence-electron chi connectivity index (χ4n) is 2.16. The van der Waals surface area contributed by atoms with E-state index in [2.05, 4.69) is 64.7 Å². The van der Waals surface area contributed by atoms with Crippen LogP contribution in [0.25, 0.3) is 0 Å². The Morgan fingerprint density at radius 2 is 1.59 bits per heavy atom. The molecule has 0 amide bonds. The lowest BCUT2D eigenvalue weighted by atomic mass is 10.3. The molecular weight excluding hydrogens is 260 g/mol. The molecule has 0 rings (SSSR count). The third kappa shape index (κ3) is 10.4. The number of rotatable bonds is 8. The van der Waals surface area contributed by atoms with E-state index in [-0.39, 0.29) is 0 Å². The maximum absolute atomic E-state index is 6.50. The van der Waals surface area contributed by atoms with Crippen molar-refractivity contribution in [1.82, 2.24) is 0 Å². The van der Waals surface area contributed by atoms with Gasteiger partial charge in [-0.1, -0.05) is 46.8 Å². The first-order valence-electron chi connectivity index (χ1n) is 6.91. The molecule has 0 aliphatic heterocycles. The normalized spacial score (nSPS) is 15.4. The highest BCUT2D eigenvalue weighted by atomic mass is 32.4. The summed E-state index contributed by atoms with van der Waals surface area (Å²) in [6, 6.07) is 1.28. The molecule has 1 nitrogen and oxygen atoms in total. The highest BCUT2D eigenvalue weighted by Gasteiger charge is 2.30. The van der Waals surface area contributed by atoms with E-state index in [0.717, 1.165) is 5.92 Å². The minimum absolute atomic E-state index is 0.451. The first-order valence-corrected chi connectivity index (χ1v) is 15.1. The summed E-state index contributed by atoms with van der Waals surface area (Å²) < 4.78 is 6.50. The van der Waals surface area contributed by atoms with Crippen molar-refractivity contribution in [2.75, 3.05) is 0 Å². The quantitative estimate of drug-likeness (QED) is 0.428. The van der Waals surface area contributed by atoms with Crippen LogP contribution in [0.15, 0.2) is 0 Å². The van der Waals surface area contributed by atoms with Gasteiger partial charge in [0.2, 0.25) is 0 Å². The molecule has 0 fully saturated rings. The Morgan fingerprint density at radius 1 is 1.06 bits per heavy atom. The Bertz CT molecular complexity index is 212. The van der Waals surface area contributed by atoms with Crippen molar-refractivity contribution in [3.8, 4) is 0 Å². The first kappa shape index (κ1) is 17.7. The van der Waals surface area contributed by atoms with Crippen molar-refractivity contribution in [2.24, 2.45) is 5.92 Å². The van der Waals surface area contributed by atoms with Gasteiger partial charge in [-0.05, 0) is 31.5 Å². The van der Waals surface area contributed by atoms with E-state index < -0.39 is 15.5 Å². The molecule has 4 heteroatoms. The van der Waals surface area contributed by atoms with Crippen molar-refractivity contribution in [2.45, 2.75) is 77.8 Å². The molecule has 0 bridgehead atoms. The van der Waals surface area contributed by atoms with Crippen molar-refractivity contribution >= 4 is 26.8 Å². The fourth-order valence-corrected chi connectivity index (χ4v) is 10.3. The van der Waals surface area contributed by atoms with Gasteiger partial charge in [0.05, 0.1) is 5.44 Å². The van der Waals surface area contributed by atoms with E-state index in [1.807, 2.05) is 0 Å². The molecule has 0 radical (unpaired) electrons. The zero-order valence-corrected chi connectivity index (χ0v) is 15.9. The van der Waals surface area contributed by atoms with Crippen LogP contribution in [0.2, 0.25) is 38.8 Å². The molecule has 0 N–H and O–H groups in total. The van der Waals surface area contributed by atoms with Crippen molar-refractivity contribution < 1.29 is 4.43 Å². The van der Waals surface area contributed by atoms with Crippen LogP contribution in [-0.2, 0) is 4.43 Å². The molecule has 17 heavy (non-hydrogen) atoms. The first-order chi connectivity index (χ1) is 7.56. The average molecular weight is 293 g/mol. The predicted molar refractivity (Wildman–Crippen MR) is 87.8 cm³/mol. The second kappa shape index (κ2) is 7.36. The van der Waals surface area contributed by atoms with E-state index in [4.69, 9.17) is 4.43 Å². The second-order valence-corrected chi connectivity index (χ2v) is 20.5. The van der Waals surface area contributed by atoms with Crippen LogP contribution in [0.4, 0.5) is 0 Å². The van der Waals surface area contributed by atoms with Crippen LogP contribution in [0.3, 0.4) is 0 Å². The van der Waals surface area contributed by atoms with Gasteiger partial charge in [-0.3, -0.25) is 0 Å². The maximum atomic E-state index is 6.50. The average Bonchev–Trinajstić information content (AvgIpc) is 1.95.